The molecule has 5 heteroatoms. The van der Waals surface area contributed by atoms with E-state index in [0.717, 1.165) is 41.4 Å². The van der Waals surface area contributed by atoms with Crippen molar-refractivity contribution >= 4 is 16.9 Å². The van der Waals surface area contributed by atoms with Gasteiger partial charge < -0.3 is 15.2 Å². The number of hydrogen-bond donors (Lipinski definition) is 2. The summed E-state index contributed by atoms with van der Waals surface area (Å²) in [5.41, 5.74) is 3.14. The van der Waals surface area contributed by atoms with Crippen LogP contribution in [0.5, 0.6) is 0 Å². The van der Waals surface area contributed by atoms with Gasteiger partial charge in [0.2, 0.25) is 0 Å². The summed E-state index contributed by atoms with van der Waals surface area (Å²) in [4.78, 5) is 17.7. The molecule has 0 unspecified atom stereocenters. The molecule has 0 radical (unpaired) electrons. The predicted molar refractivity (Wildman–Crippen MR) is 87.8 cm³/mol. The summed E-state index contributed by atoms with van der Waals surface area (Å²) in [5, 5.41) is 4.13. The second-order valence-corrected chi connectivity index (χ2v) is 6.73. The molecule has 4 nitrogen and oxygen atoms in total. The number of nitrogens with zero attached hydrogens (tertiary/aromatic N) is 1. The van der Waals surface area contributed by atoms with Crippen LogP contribution in [0, 0.1) is 5.82 Å². The highest BCUT2D eigenvalue weighted by atomic mass is 19.1. The van der Waals surface area contributed by atoms with Gasteiger partial charge in [0.1, 0.15) is 5.82 Å². The molecule has 122 valence electrons. The van der Waals surface area contributed by atoms with Gasteiger partial charge in [-0.25, -0.2) is 9.18 Å². The average molecular weight is 315 g/mol. The number of carbonyl (C=O) groups is 1. The van der Waals surface area contributed by atoms with Gasteiger partial charge in [-0.05, 0) is 43.0 Å². The Kier molecular flexibility index (Phi) is 3.71. The van der Waals surface area contributed by atoms with Gasteiger partial charge in [0.15, 0.2) is 0 Å². The van der Waals surface area contributed by atoms with Gasteiger partial charge in [0.05, 0.1) is 6.54 Å². The summed E-state index contributed by atoms with van der Waals surface area (Å²) in [5.74, 6) is -0.211. The Hall–Kier alpha value is -2.04. The van der Waals surface area contributed by atoms with Gasteiger partial charge >= 0.3 is 6.03 Å². The van der Waals surface area contributed by atoms with Crippen LogP contribution in [0.2, 0.25) is 0 Å². The van der Waals surface area contributed by atoms with E-state index in [9.17, 15) is 9.18 Å². The zero-order valence-corrected chi connectivity index (χ0v) is 13.2. The lowest BCUT2D eigenvalue weighted by Gasteiger charge is -2.30. The molecule has 2 aromatic rings. The van der Waals surface area contributed by atoms with E-state index in [2.05, 4.69) is 10.3 Å². The Balaban J connectivity index is 1.49. The van der Waals surface area contributed by atoms with Crippen molar-refractivity contribution in [3.8, 4) is 0 Å². The number of urea groups is 1. The fourth-order valence-corrected chi connectivity index (χ4v) is 3.90. The van der Waals surface area contributed by atoms with Crippen LogP contribution in [-0.2, 0) is 13.0 Å². The Morgan fingerprint density at radius 3 is 2.91 bits per heavy atom. The molecule has 1 aliphatic heterocycles. The number of carbonyl (C=O) groups excluding carboxylic acids is 1. The molecule has 1 aromatic carbocycles. The topological polar surface area (TPSA) is 48.1 Å². The van der Waals surface area contributed by atoms with Crippen LogP contribution in [0.4, 0.5) is 9.18 Å². The van der Waals surface area contributed by atoms with Crippen LogP contribution in [0.3, 0.4) is 0 Å². The fraction of sp³-hybridized carbons (Fsp3) is 0.500. The van der Waals surface area contributed by atoms with Crippen LogP contribution in [0.25, 0.3) is 10.9 Å². The third kappa shape index (κ3) is 2.80. The van der Waals surface area contributed by atoms with E-state index in [-0.39, 0.29) is 11.8 Å². The predicted octanol–water partition coefficient (Wildman–Crippen LogP) is 3.71. The second-order valence-electron chi connectivity index (χ2n) is 6.73. The minimum atomic E-state index is -0.211. The molecule has 1 fully saturated rings. The summed E-state index contributed by atoms with van der Waals surface area (Å²) in [6, 6.07) is 5.19. The van der Waals surface area contributed by atoms with E-state index in [0.29, 0.717) is 19.1 Å². The SMILES string of the molecule is O=C(NC1CCCCC1)N1CCc2c([nH]c3ccc(F)cc23)C1. The third-order valence-corrected chi connectivity index (χ3v) is 5.16. The maximum absolute atomic E-state index is 13.5. The zero-order chi connectivity index (χ0) is 15.8. The van der Waals surface area contributed by atoms with Crippen molar-refractivity contribution in [2.45, 2.75) is 51.1 Å². The molecule has 2 N–H and O–H groups in total. The number of nitrogens with one attached hydrogen (secondary N) is 2. The molecule has 2 aliphatic rings. The minimum absolute atomic E-state index is 0.0346. The first-order valence-electron chi connectivity index (χ1n) is 8.55. The smallest absolute Gasteiger partial charge is 0.317 e. The third-order valence-electron chi connectivity index (χ3n) is 5.16. The molecule has 1 saturated carbocycles. The lowest BCUT2D eigenvalue weighted by Crippen LogP contribution is -2.47. The van der Waals surface area contributed by atoms with Crippen molar-refractivity contribution in [3.05, 3.63) is 35.3 Å². The fourth-order valence-electron chi connectivity index (χ4n) is 3.90. The van der Waals surface area contributed by atoms with Crippen LogP contribution >= 0.6 is 0 Å². The minimum Gasteiger partial charge on any atom is -0.357 e. The number of fused-ring (bicyclic) bond motifs is 3. The van der Waals surface area contributed by atoms with Gasteiger partial charge in [-0.15, -0.1) is 0 Å². The summed E-state index contributed by atoms with van der Waals surface area (Å²) in [6.07, 6.45) is 6.67. The maximum atomic E-state index is 13.5. The molecule has 0 saturated heterocycles. The molecular weight excluding hydrogens is 293 g/mol. The highest BCUT2D eigenvalue weighted by Crippen LogP contribution is 2.28. The highest BCUT2D eigenvalue weighted by Gasteiger charge is 2.25. The molecule has 1 aliphatic carbocycles. The first kappa shape index (κ1) is 14.5. The van der Waals surface area contributed by atoms with Crippen molar-refractivity contribution in [1.82, 2.24) is 15.2 Å². The van der Waals surface area contributed by atoms with Crippen molar-refractivity contribution in [1.29, 1.82) is 0 Å². The first-order valence-corrected chi connectivity index (χ1v) is 8.55. The number of amides is 2. The number of aromatic nitrogens is 1. The summed E-state index contributed by atoms with van der Waals surface area (Å²) >= 11 is 0. The standard InChI is InChI=1S/C18H22FN3O/c19-12-6-7-16-15(10-12)14-8-9-22(11-17(14)21-16)18(23)20-13-4-2-1-3-5-13/h6-7,10,13,21H,1-5,8-9,11H2,(H,20,23). The molecule has 1 aromatic heterocycles. The van der Waals surface area contributed by atoms with Crippen molar-refractivity contribution in [2.75, 3.05) is 6.54 Å². The number of halogens is 1. The molecule has 2 amide bonds. The van der Waals surface area contributed by atoms with E-state index < -0.39 is 0 Å². The zero-order valence-electron chi connectivity index (χ0n) is 13.2. The van der Waals surface area contributed by atoms with E-state index in [1.807, 2.05) is 4.90 Å². The molecule has 2 heterocycles. The summed E-state index contributed by atoms with van der Waals surface area (Å²) < 4.78 is 13.5. The Bertz CT molecular complexity index is 733. The molecule has 0 spiro atoms. The maximum Gasteiger partial charge on any atom is 0.317 e. The van der Waals surface area contributed by atoms with E-state index >= 15 is 0 Å². The second kappa shape index (κ2) is 5.87. The Morgan fingerprint density at radius 2 is 2.09 bits per heavy atom. The highest BCUT2D eigenvalue weighted by molar-refractivity contribution is 5.85. The average Bonchev–Trinajstić information content (AvgIpc) is 2.92. The Morgan fingerprint density at radius 1 is 1.26 bits per heavy atom. The van der Waals surface area contributed by atoms with E-state index in [4.69, 9.17) is 0 Å². The molecule has 23 heavy (non-hydrogen) atoms. The normalized spacial score (nSPS) is 18.9. The van der Waals surface area contributed by atoms with Crippen LogP contribution in [0.15, 0.2) is 18.2 Å². The van der Waals surface area contributed by atoms with Gasteiger partial charge in [-0.1, -0.05) is 19.3 Å². The lowest BCUT2D eigenvalue weighted by atomic mass is 9.95. The number of aromatic amines is 1. The van der Waals surface area contributed by atoms with Gasteiger partial charge in [0, 0.05) is 29.2 Å². The number of rotatable bonds is 1. The first-order chi connectivity index (χ1) is 11.2. The Labute approximate surface area is 135 Å². The lowest BCUT2D eigenvalue weighted by molar-refractivity contribution is 0.184. The molecule has 4 rings (SSSR count). The van der Waals surface area contributed by atoms with Gasteiger partial charge in [-0.3, -0.25) is 0 Å². The monoisotopic (exact) mass is 315 g/mol. The molecule has 0 atom stereocenters. The van der Waals surface area contributed by atoms with Crippen molar-refractivity contribution < 1.29 is 9.18 Å². The van der Waals surface area contributed by atoms with Crippen LogP contribution < -0.4 is 5.32 Å². The van der Waals surface area contributed by atoms with Gasteiger partial charge in [-0.2, -0.15) is 0 Å². The van der Waals surface area contributed by atoms with E-state index in [1.54, 1.807) is 12.1 Å². The van der Waals surface area contributed by atoms with E-state index in [1.165, 1.54) is 25.3 Å². The molecule has 0 bridgehead atoms. The van der Waals surface area contributed by atoms with Crippen molar-refractivity contribution in [2.24, 2.45) is 0 Å². The quantitative estimate of drug-likeness (QED) is 0.828. The largest absolute Gasteiger partial charge is 0.357 e. The van der Waals surface area contributed by atoms with Crippen molar-refractivity contribution in [3.63, 3.8) is 0 Å². The van der Waals surface area contributed by atoms with Crippen LogP contribution in [-0.4, -0.2) is 28.5 Å². The molecular formula is C18H22FN3O. The summed E-state index contributed by atoms with van der Waals surface area (Å²) in [6.45, 7) is 1.26. The number of benzene rings is 1. The number of hydrogen-bond acceptors (Lipinski definition) is 1. The number of H-pyrrole nitrogens is 1. The van der Waals surface area contributed by atoms with Crippen LogP contribution in [0.1, 0.15) is 43.4 Å². The summed E-state index contributed by atoms with van der Waals surface area (Å²) in [7, 11) is 0. The van der Waals surface area contributed by atoms with Gasteiger partial charge in [0.25, 0.3) is 0 Å².